The van der Waals surface area contributed by atoms with Gasteiger partial charge in [-0.25, -0.2) is 0 Å². The number of ether oxygens (including phenoxy) is 6. The lowest BCUT2D eigenvalue weighted by Gasteiger charge is -2.51. The van der Waals surface area contributed by atoms with Gasteiger partial charge in [-0.3, -0.25) is 0 Å². The summed E-state index contributed by atoms with van der Waals surface area (Å²) in [4.78, 5) is 0. The number of benzene rings is 6. The van der Waals surface area contributed by atoms with Crippen molar-refractivity contribution in [2.24, 2.45) is 0 Å². The Morgan fingerprint density at radius 3 is 1.73 bits per heavy atom. The van der Waals surface area contributed by atoms with Crippen LogP contribution in [0.25, 0.3) is 10.1 Å². The van der Waals surface area contributed by atoms with E-state index in [-0.39, 0.29) is 6.61 Å². The predicted molar refractivity (Wildman–Crippen MR) is 256 cm³/mol. The number of aryl methyl sites for hydroxylation is 1. The second-order valence-corrected chi connectivity index (χ2v) is 24.3. The van der Waals surface area contributed by atoms with Crippen molar-refractivity contribution in [3.05, 3.63) is 208 Å². The molecule has 1 fully saturated rings. The minimum atomic E-state index is -1.75. The molecular weight excluding hydrogens is 817 g/mol. The average molecular weight is 875 g/mol. The summed E-state index contributed by atoms with van der Waals surface area (Å²) >= 11 is 1.96. The maximum atomic E-state index is 7.53. The van der Waals surface area contributed by atoms with E-state index >= 15 is 0 Å². The zero-order valence-corrected chi connectivity index (χ0v) is 38.7. The largest absolute Gasteiger partial charge is 0.374 e. The van der Waals surface area contributed by atoms with E-state index in [9.17, 15) is 0 Å². The van der Waals surface area contributed by atoms with Gasteiger partial charge < -0.3 is 28.4 Å². The first-order valence-electron chi connectivity index (χ1n) is 22.3. The molecule has 1 aromatic heterocycles. The Kier molecular flexibility index (Phi) is 13.5. The van der Waals surface area contributed by atoms with Crippen LogP contribution < -0.4 is 4.50 Å². The molecule has 5 atom stereocenters. The number of thiophene rings is 1. The van der Waals surface area contributed by atoms with Gasteiger partial charge in [0.05, 0.1) is 47.7 Å². The minimum absolute atomic E-state index is 0.255. The highest BCUT2D eigenvalue weighted by molar-refractivity contribution is 7.31. The highest BCUT2D eigenvalue weighted by Crippen LogP contribution is 2.50. The molecule has 6 aromatic carbocycles. The van der Waals surface area contributed by atoms with E-state index in [4.69, 9.17) is 28.4 Å². The Hall–Kier alpha value is -4.74. The summed E-state index contributed by atoms with van der Waals surface area (Å²) in [6.45, 7) is 11.7. The summed E-state index contributed by atoms with van der Waals surface area (Å²) < 4.78 is 45.5. The van der Waals surface area contributed by atoms with E-state index in [1.807, 2.05) is 84.1 Å². The first kappa shape index (κ1) is 43.5. The summed E-state index contributed by atoms with van der Waals surface area (Å²) in [6.07, 6.45) is -0.612. The Morgan fingerprint density at radius 1 is 0.603 bits per heavy atom. The minimum Gasteiger partial charge on any atom is -0.374 e. The standard InChI is InChI=1S/C55H58O6SSi/c1-5-39-27-18-28-44(29-39)30-47-46-32-48-45(31-50(46)62-54(47)63(2,3)4)37-60-55(48)53(59-36-43-25-16-9-17-26-43)52(58-35-42-23-14-8-15-24-42)51(57-34-41-21-12-7-13-22-41)49(61-55)38-56-33-40-19-10-6-11-20-40/h6-29,31-32,49,51-53H,5,30,33-38H2,1-4H3/t49-,51-,52+,53-,55+/m1/s1. The van der Waals surface area contributed by atoms with Crippen LogP contribution in [0.5, 0.6) is 0 Å². The second-order valence-electron chi connectivity index (χ2n) is 17.9. The van der Waals surface area contributed by atoms with Crippen LogP contribution in [0.3, 0.4) is 0 Å². The predicted octanol–water partition coefficient (Wildman–Crippen LogP) is 11.7. The van der Waals surface area contributed by atoms with Gasteiger partial charge in [-0.1, -0.05) is 172 Å². The zero-order valence-electron chi connectivity index (χ0n) is 36.8. The molecule has 7 aromatic rings. The van der Waals surface area contributed by atoms with Gasteiger partial charge in [0.1, 0.15) is 24.4 Å². The molecule has 0 radical (unpaired) electrons. The highest BCUT2D eigenvalue weighted by atomic mass is 32.1. The zero-order chi connectivity index (χ0) is 43.2. The molecule has 0 aliphatic carbocycles. The van der Waals surface area contributed by atoms with Gasteiger partial charge in [0, 0.05) is 10.3 Å². The van der Waals surface area contributed by atoms with Crippen molar-refractivity contribution >= 4 is 34.0 Å². The maximum Gasteiger partial charge on any atom is 0.226 e. The molecule has 6 nitrogen and oxygen atoms in total. The summed E-state index contributed by atoms with van der Waals surface area (Å²) in [5.41, 5.74) is 10.4. The molecule has 3 heterocycles. The lowest BCUT2D eigenvalue weighted by atomic mass is 9.86. The van der Waals surface area contributed by atoms with Crippen LogP contribution >= 0.6 is 11.3 Å². The first-order valence-corrected chi connectivity index (χ1v) is 26.7. The van der Waals surface area contributed by atoms with E-state index in [1.165, 1.54) is 31.3 Å². The average Bonchev–Trinajstić information content (AvgIpc) is 3.85. The number of rotatable bonds is 17. The Morgan fingerprint density at radius 2 is 1.14 bits per heavy atom. The van der Waals surface area contributed by atoms with Crippen LogP contribution in [0.2, 0.25) is 19.6 Å². The smallest absolute Gasteiger partial charge is 0.226 e. The molecule has 324 valence electrons. The summed E-state index contributed by atoms with van der Waals surface area (Å²) in [5, 5.41) is 1.26. The van der Waals surface area contributed by atoms with Crippen LogP contribution in [0.4, 0.5) is 0 Å². The quantitative estimate of drug-likeness (QED) is 0.0850. The van der Waals surface area contributed by atoms with Gasteiger partial charge in [0.15, 0.2) is 0 Å². The SMILES string of the molecule is CCc1cccc(Cc2c([Si](C)(C)C)sc3cc4c(cc23)[C@]2(OC4)O[C@H](COCc3ccccc3)[C@@H](OCc3ccccc3)[C@H](OCc3ccccc3)[C@H]2OCc2ccccc2)c1. The van der Waals surface area contributed by atoms with Crippen molar-refractivity contribution in [3.63, 3.8) is 0 Å². The van der Waals surface area contributed by atoms with E-state index in [0.29, 0.717) is 33.0 Å². The molecule has 8 heteroatoms. The van der Waals surface area contributed by atoms with Crippen LogP contribution in [0.15, 0.2) is 158 Å². The van der Waals surface area contributed by atoms with Gasteiger partial charge in [-0.2, -0.15) is 0 Å². The Balaban J connectivity index is 1.18. The number of fused-ring (bicyclic) bond motifs is 3. The van der Waals surface area contributed by atoms with E-state index in [2.05, 4.69) is 111 Å². The van der Waals surface area contributed by atoms with Crippen molar-refractivity contribution in [3.8, 4) is 0 Å². The van der Waals surface area contributed by atoms with Crippen molar-refractivity contribution in [1.29, 1.82) is 0 Å². The van der Waals surface area contributed by atoms with Crippen molar-refractivity contribution in [1.82, 2.24) is 0 Å². The van der Waals surface area contributed by atoms with Gasteiger partial charge in [0.25, 0.3) is 0 Å². The lowest BCUT2D eigenvalue weighted by Crippen LogP contribution is -2.65. The van der Waals surface area contributed by atoms with Crippen molar-refractivity contribution < 1.29 is 28.4 Å². The fraction of sp³-hybridized carbons (Fsp3) is 0.309. The van der Waals surface area contributed by atoms with Crippen LogP contribution in [0, 0.1) is 0 Å². The van der Waals surface area contributed by atoms with Gasteiger partial charge in [0.2, 0.25) is 5.79 Å². The van der Waals surface area contributed by atoms with Gasteiger partial charge in [-0.05, 0) is 79.4 Å². The highest BCUT2D eigenvalue weighted by Gasteiger charge is 2.61. The van der Waals surface area contributed by atoms with Gasteiger partial charge in [-0.15, -0.1) is 11.3 Å². The molecular formula is C55H58O6SSi. The van der Waals surface area contributed by atoms with Crippen molar-refractivity contribution in [2.75, 3.05) is 6.61 Å². The lowest BCUT2D eigenvalue weighted by molar-refractivity contribution is -0.387. The van der Waals surface area contributed by atoms with Crippen LogP contribution in [-0.2, 0) is 80.1 Å². The molecule has 63 heavy (non-hydrogen) atoms. The Bertz CT molecular complexity index is 2560. The van der Waals surface area contributed by atoms with Crippen molar-refractivity contribution in [2.45, 2.75) is 103 Å². The molecule has 0 saturated carbocycles. The third-order valence-corrected chi connectivity index (χ3v) is 17.0. The number of hydrogen-bond acceptors (Lipinski definition) is 7. The summed E-state index contributed by atoms with van der Waals surface area (Å²) in [6, 6.07) is 55.0. The third kappa shape index (κ3) is 9.85. The molecule has 0 amide bonds. The molecule has 0 bridgehead atoms. The van der Waals surface area contributed by atoms with E-state index in [0.717, 1.165) is 46.2 Å². The summed E-state index contributed by atoms with van der Waals surface area (Å²) in [5.74, 6) is -1.33. The molecule has 2 aliphatic heterocycles. The molecule has 9 rings (SSSR count). The maximum absolute atomic E-state index is 7.53. The van der Waals surface area contributed by atoms with E-state index in [1.54, 1.807) is 0 Å². The molecule has 1 spiro atoms. The topological polar surface area (TPSA) is 55.4 Å². The van der Waals surface area contributed by atoms with Gasteiger partial charge >= 0.3 is 0 Å². The molecule has 2 aliphatic rings. The monoisotopic (exact) mass is 874 g/mol. The molecule has 0 N–H and O–H groups in total. The molecule has 1 saturated heterocycles. The van der Waals surface area contributed by atoms with Crippen LogP contribution in [-0.4, -0.2) is 39.1 Å². The normalized spacial score (nSPS) is 21.0. The Labute approximate surface area is 377 Å². The fourth-order valence-electron chi connectivity index (χ4n) is 9.06. The first-order chi connectivity index (χ1) is 30.8. The summed E-state index contributed by atoms with van der Waals surface area (Å²) in [7, 11) is -1.75. The molecule has 0 unspecified atom stereocenters. The van der Waals surface area contributed by atoms with E-state index < -0.39 is 38.3 Å². The van der Waals surface area contributed by atoms with Crippen LogP contribution in [0.1, 0.15) is 57.0 Å². The third-order valence-electron chi connectivity index (χ3n) is 12.2. The fourth-order valence-corrected chi connectivity index (χ4v) is 12.8. The number of hydrogen-bond donors (Lipinski definition) is 0. The second kappa shape index (κ2) is 19.6.